The van der Waals surface area contributed by atoms with Crippen molar-refractivity contribution in [3.05, 3.63) is 0 Å². The fourth-order valence-electron chi connectivity index (χ4n) is 0.796. The summed E-state index contributed by atoms with van der Waals surface area (Å²) >= 11 is 11.6. The molecule has 0 rings (SSSR count). The van der Waals surface area contributed by atoms with Crippen LogP contribution in [-0.2, 0) is 18.3 Å². The van der Waals surface area contributed by atoms with E-state index in [4.69, 9.17) is 46.6 Å². The van der Waals surface area contributed by atoms with E-state index in [2.05, 4.69) is 0 Å². The van der Waals surface area contributed by atoms with Crippen LogP contribution in [-0.4, -0.2) is 48.6 Å². The molecule has 0 saturated carbocycles. The molecule has 0 aromatic heterocycles. The second kappa shape index (κ2) is 11.6. The van der Waals surface area contributed by atoms with Gasteiger partial charge in [-0.25, -0.2) is 0 Å². The van der Waals surface area contributed by atoms with Gasteiger partial charge in [0.15, 0.2) is 6.29 Å². The van der Waals surface area contributed by atoms with Gasteiger partial charge < -0.3 is 18.9 Å². The van der Waals surface area contributed by atoms with E-state index in [9.17, 15) is 0 Å². The number of halogens is 2. The molecule has 0 fully saturated rings. The van der Waals surface area contributed by atoms with Crippen molar-refractivity contribution in [3.8, 4) is 0 Å². The van der Waals surface area contributed by atoms with E-state index in [0.717, 1.165) is 0 Å². The van der Waals surface area contributed by atoms with E-state index in [0.29, 0.717) is 13.2 Å². The Kier molecular flexibility index (Phi) is 12.1. The molecule has 0 radical (unpaired) electrons. The third-order valence-electron chi connectivity index (χ3n) is 1.50. The molecular weight excluding hydrogens is 302 g/mol. The Balaban J connectivity index is 4.01. The summed E-state index contributed by atoms with van der Waals surface area (Å²) in [6.07, 6.45) is -0.528. The Morgan fingerprint density at radius 2 is 1.56 bits per heavy atom. The standard InChI is InChI=1S/C10H21Cl2O5P/c1-8(11)6-15-18(16-7-9(2)12)17-10(3)14-5-4-13/h8-10,13H,4-7H2,1-3H3. The highest BCUT2D eigenvalue weighted by Gasteiger charge is 2.19. The third-order valence-corrected chi connectivity index (χ3v) is 2.94. The van der Waals surface area contributed by atoms with E-state index >= 15 is 0 Å². The first kappa shape index (κ1) is 18.8. The van der Waals surface area contributed by atoms with Crippen LogP contribution in [0.25, 0.3) is 0 Å². The second-order valence-corrected chi connectivity index (χ2v) is 6.31. The first-order chi connectivity index (χ1) is 8.45. The van der Waals surface area contributed by atoms with Gasteiger partial charge in [0, 0.05) is 0 Å². The highest BCUT2D eigenvalue weighted by molar-refractivity contribution is 7.41. The van der Waals surface area contributed by atoms with E-state index in [1.54, 1.807) is 6.92 Å². The summed E-state index contributed by atoms with van der Waals surface area (Å²) in [4.78, 5) is 0. The maximum atomic E-state index is 8.63. The minimum Gasteiger partial charge on any atom is -0.394 e. The number of aliphatic hydroxyl groups excluding tert-OH is 1. The van der Waals surface area contributed by atoms with Gasteiger partial charge in [-0.2, -0.15) is 0 Å². The van der Waals surface area contributed by atoms with Gasteiger partial charge in [-0.15, -0.1) is 23.2 Å². The summed E-state index contributed by atoms with van der Waals surface area (Å²) in [6.45, 7) is 6.09. The molecular formula is C10H21Cl2O5P. The normalized spacial score (nSPS) is 18.3. The number of alkyl halides is 2. The maximum absolute atomic E-state index is 8.63. The molecule has 0 aromatic rings. The summed E-state index contributed by atoms with van der Waals surface area (Å²) in [5.41, 5.74) is 0. The van der Waals surface area contributed by atoms with Crippen molar-refractivity contribution >= 4 is 31.8 Å². The Morgan fingerprint density at radius 1 is 1.06 bits per heavy atom. The number of rotatable bonds is 11. The van der Waals surface area contributed by atoms with Crippen molar-refractivity contribution in [1.29, 1.82) is 0 Å². The molecule has 0 aliphatic heterocycles. The summed E-state index contributed by atoms with van der Waals surface area (Å²) in [6, 6.07) is 0. The fourth-order valence-corrected chi connectivity index (χ4v) is 2.29. The minimum atomic E-state index is -1.56. The highest BCUT2D eigenvalue weighted by atomic mass is 35.5. The molecule has 0 bridgehead atoms. The first-order valence-corrected chi connectivity index (χ1v) is 7.65. The van der Waals surface area contributed by atoms with Crippen LogP contribution >= 0.6 is 31.8 Å². The van der Waals surface area contributed by atoms with Gasteiger partial charge in [0.2, 0.25) is 0 Å². The van der Waals surface area contributed by atoms with Crippen molar-refractivity contribution in [3.63, 3.8) is 0 Å². The van der Waals surface area contributed by atoms with Crippen molar-refractivity contribution < 1.29 is 23.4 Å². The van der Waals surface area contributed by atoms with E-state index in [1.165, 1.54) is 0 Å². The minimum absolute atomic E-state index is 0.0647. The van der Waals surface area contributed by atoms with Crippen molar-refractivity contribution in [2.45, 2.75) is 37.8 Å². The van der Waals surface area contributed by atoms with Crippen LogP contribution in [0.15, 0.2) is 0 Å². The molecule has 0 heterocycles. The molecule has 8 heteroatoms. The van der Waals surface area contributed by atoms with Crippen LogP contribution in [0.5, 0.6) is 0 Å². The number of hydrogen-bond donors (Lipinski definition) is 1. The monoisotopic (exact) mass is 322 g/mol. The van der Waals surface area contributed by atoms with Crippen LogP contribution in [0, 0.1) is 0 Å². The molecule has 0 aliphatic carbocycles. The molecule has 110 valence electrons. The zero-order valence-corrected chi connectivity index (χ0v) is 13.3. The zero-order valence-electron chi connectivity index (χ0n) is 10.8. The van der Waals surface area contributed by atoms with E-state index in [1.807, 2.05) is 13.8 Å². The second-order valence-electron chi connectivity index (χ2n) is 3.64. The Morgan fingerprint density at radius 3 is 1.94 bits per heavy atom. The van der Waals surface area contributed by atoms with Crippen LogP contribution in [0.2, 0.25) is 0 Å². The van der Waals surface area contributed by atoms with Gasteiger partial charge >= 0.3 is 8.60 Å². The lowest BCUT2D eigenvalue weighted by Gasteiger charge is -2.21. The molecule has 0 aliphatic rings. The van der Waals surface area contributed by atoms with Gasteiger partial charge in [-0.05, 0) is 20.8 Å². The van der Waals surface area contributed by atoms with E-state index < -0.39 is 14.9 Å². The molecule has 1 N–H and O–H groups in total. The quantitative estimate of drug-likeness (QED) is 0.360. The van der Waals surface area contributed by atoms with Crippen LogP contribution in [0.4, 0.5) is 0 Å². The van der Waals surface area contributed by atoms with Crippen LogP contribution in [0.1, 0.15) is 20.8 Å². The van der Waals surface area contributed by atoms with E-state index in [-0.39, 0.29) is 24.0 Å². The molecule has 0 spiro atoms. The summed E-state index contributed by atoms with van der Waals surface area (Å²) in [7, 11) is -1.56. The Labute approximate surface area is 120 Å². The average Bonchev–Trinajstić information content (AvgIpc) is 2.29. The van der Waals surface area contributed by atoms with Crippen molar-refractivity contribution in [2.24, 2.45) is 0 Å². The van der Waals surface area contributed by atoms with Gasteiger partial charge in [-0.1, -0.05) is 0 Å². The van der Waals surface area contributed by atoms with Crippen molar-refractivity contribution in [2.75, 3.05) is 26.4 Å². The van der Waals surface area contributed by atoms with Crippen LogP contribution < -0.4 is 0 Å². The third kappa shape index (κ3) is 11.9. The Hall–Kier alpha value is 0.810. The lowest BCUT2D eigenvalue weighted by molar-refractivity contribution is -0.0854. The highest BCUT2D eigenvalue weighted by Crippen LogP contribution is 2.41. The van der Waals surface area contributed by atoms with Crippen LogP contribution in [0.3, 0.4) is 0 Å². The number of ether oxygens (including phenoxy) is 1. The molecule has 0 saturated heterocycles. The summed E-state index contributed by atoms with van der Waals surface area (Å²) in [5.74, 6) is 0. The Bertz CT molecular complexity index is 185. The lowest BCUT2D eigenvalue weighted by Crippen LogP contribution is -2.16. The van der Waals surface area contributed by atoms with Gasteiger partial charge in [0.05, 0.1) is 37.2 Å². The topological polar surface area (TPSA) is 57.2 Å². The molecule has 0 amide bonds. The first-order valence-electron chi connectivity index (χ1n) is 5.69. The lowest BCUT2D eigenvalue weighted by atomic mass is 10.5. The molecule has 5 nitrogen and oxygen atoms in total. The van der Waals surface area contributed by atoms with Crippen molar-refractivity contribution in [1.82, 2.24) is 0 Å². The summed E-state index contributed by atoms with van der Waals surface area (Å²) < 4.78 is 21.4. The predicted octanol–water partition coefficient (Wildman–Crippen LogP) is 2.87. The molecule has 18 heavy (non-hydrogen) atoms. The van der Waals surface area contributed by atoms with Gasteiger partial charge in [0.1, 0.15) is 0 Å². The summed E-state index contributed by atoms with van der Waals surface area (Å²) in [5, 5.41) is 8.36. The molecule has 3 atom stereocenters. The smallest absolute Gasteiger partial charge is 0.335 e. The maximum Gasteiger partial charge on any atom is 0.335 e. The fraction of sp³-hybridized carbons (Fsp3) is 1.00. The molecule has 3 unspecified atom stereocenters. The molecule has 0 aromatic carbocycles. The van der Waals surface area contributed by atoms with Gasteiger partial charge in [-0.3, -0.25) is 4.52 Å². The number of hydrogen-bond acceptors (Lipinski definition) is 5. The van der Waals surface area contributed by atoms with Gasteiger partial charge in [0.25, 0.3) is 0 Å². The largest absolute Gasteiger partial charge is 0.394 e. The number of aliphatic hydroxyl groups is 1. The SMILES string of the molecule is CC(Cl)COP(OCC(C)Cl)OC(C)OCCO. The average molecular weight is 323 g/mol. The predicted molar refractivity (Wildman–Crippen MR) is 73.0 cm³/mol. The zero-order chi connectivity index (χ0) is 14.0.